The average Bonchev–Trinajstić information content (AvgIpc) is 3.06. The molecule has 0 radical (unpaired) electrons. The van der Waals surface area contributed by atoms with Crippen molar-refractivity contribution in [3.63, 3.8) is 0 Å². The minimum atomic E-state index is -0.741. The van der Waals surface area contributed by atoms with Gasteiger partial charge in [0.15, 0.2) is 5.16 Å². The molecule has 3 rings (SSSR count). The SMILES string of the molecule is CCn1c(SC(C)(C)C(=O)Nc2ccccc2)nnc1C1C=C(Cl)C(Cl)=NC1. The van der Waals surface area contributed by atoms with Gasteiger partial charge in [0.1, 0.15) is 11.0 Å². The molecule has 1 amide bonds. The number of aromatic nitrogens is 3. The molecule has 148 valence electrons. The molecule has 0 aliphatic carbocycles. The summed E-state index contributed by atoms with van der Waals surface area (Å²) in [6.07, 6.45) is 1.84. The minimum Gasteiger partial charge on any atom is -0.325 e. The highest BCUT2D eigenvalue weighted by atomic mass is 35.5. The first kappa shape index (κ1) is 20.9. The van der Waals surface area contributed by atoms with E-state index in [-0.39, 0.29) is 11.8 Å². The third-order valence-electron chi connectivity index (χ3n) is 4.29. The Labute approximate surface area is 178 Å². The Kier molecular flexibility index (Phi) is 6.47. The molecule has 0 saturated heterocycles. The third kappa shape index (κ3) is 4.59. The van der Waals surface area contributed by atoms with Gasteiger partial charge < -0.3 is 9.88 Å². The lowest BCUT2D eigenvalue weighted by Gasteiger charge is -2.23. The van der Waals surface area contributed by atoms with Crippen LogP contribution in [0.4, 0.5) is 5.69 Å². The monoisotopic (exact) mass is 437 g/mol. The molecular weight excluding hydrogens is 417 g/mol. The van der Waals surface area contributed by atoms with Crippen LogP contribution in [-0.4, -0.2) is 37.1 Å². The van der Waals surface area contributed by atoms with Crippen LogP contribution in [0.3, 0.4) is 0 Å². The predicted molar refractivity (Wildman–Crippen MR) is 116 cm³/mol. The summed E-state index contributed by atoms with van der Waals surface area (Å²) in [6.45, 7) is 6.88. The topological polar surface area (TPSA) is 72.2 Å². The summed E-state index contributed by atoms with van der Waals surface area (Å²) in [4.78, 5) is 17.0. The fourth-order valence-corrected chi connectivity index (χ4v) is 4.09. The second-order valence-corrected chi connectivity index (χ2v) is 9.13. The Morgan fingerprint density at radius 1 is 1.29 bits per heavy atom. The van der Waals surface area contributed by atoms with Crippen LogP contribution in [0.15, 0.2) is 51.6 Å². The van der Waals surface area contributed by atoms with E-state index in [1.807, 2.05) is 61.7 Å². The average molecular weight is 438 g/mol. The Morgan fingerprint density at radius 3 is 2.64 bits per heavy atom. The maximum absolute atomic E-state index is 12.8. The second kappa shape index (κ2) is 8.68. The highest BCUT2D eigenvalue weighted by Gasteiger charge is 2.33. The molecule has 0 fully saturated rings. The number of hydrogen-bond acceptors (Lipinski definition) is 5. The van der Waals surface area contributed by atoms with E-state index in [0.29, 0.717) is 28.4 Å². The quantitative estimate of drug-likeness (QED) is 0.666. The Balaban J connectivity index is 1.78. The van der Waals surface area contributed by atoms with Gasteiger partial charge in [0, 0.05) is 12.2 Å². The number of amides is 1. The lowest BCUT2D eigenvalue weighted by Crippen LogP contribution is -2.34. The van der Waals surface area contributed by atoms with Crippen molar-refractivity contribution in [3.8, 4) is 0 Å². The molecule has 1 aromatic heterocycles. The summed E-state index contributed by atoms with van der Waals surface area (Å²) >= 11 is 13.4. The minimum absolute atomic E-state index is 0.0990. The van der Waals surface area contributed by atoms with Crippen molar-refractivity contribution >= 4 is 51.7 Å². The maximum Gasteiger partial charge on any atom is 0.240 e. The first-order chi connectivity index (χ1) is 13.3. The summed E-state index contributed by atoms with van der Waals surface area (Å²) < 4.78 is 1.25. The van der Waals surface area contributed by atoms with E-state index in [1.165, 1.54) is 11.8 Å². The number of hydrogen-bond donors (Lipinski definition) is 1. The lowest BCUT2D eigenvalue weighted by molar-refractivity contribution is -0.117. The van der Waals surface area contributed by atoms with E-state index in [2.05, 4.69) is 20.5 Å². The molecular formula is C19H21Cl2N5OS. The first-order valence-corrected chi connectivity index (χ1v) is 10.4. The van der Waals surface area contributed by atoms with Crippen molar-refractivity contribution in [3.05, 3.63) is 47.3 Å². The number of nitrogens with one attached hydrogen (secondary N) is 1. The number of thioether (sulfide) groups is 1. The van der Waals surface area contributed by atoms with Gasteiger partial charge in [-0.1, -0.05) is 59.2 Å². The number of dihydropyridines is 1. The van der Waals surface area contributed by atoms with Gasteiger partial charge in [-0.2, -0.15) is 0 Å². The van der Waals surface area contributed by atoms with E-state index in [1.54, 1.807) is 0 Å². The van der Waals surface area contributed by atoms with Gasteiger partial charge in [-0.3, -0.25) is 9.79 Å². The molecule has 0 bridgehead atoms. The highest BCUT2D eigenvalue weighted by molar-refractivity contribution is 8.01. The molecule has 0 saturated carbocycles. The fraction of sp³-hybridized carbons (Fsp3) is 0.368. The van der Waals surface area contributed by atoms with Crippen LogP contribution in [0.25, 0.3) is 0 Å². The number of nitrogens with zero attached hydrogens (tertiary/aromatic N) is 4. The Hall–Kier alpha value is -1.83. The molecule has 1 unspecified atom stereocenters. The molecule has 2 aromatic rings. The molecule has 1 aliphatic rings. The van der Waals surface area contributed by atoms with Gasteiger partial charge in [-0.05, 0) is 32.9 Å². The fourth-order valence-electron chi connectivity index (χ4n) is 2.73. The van der Waals surface area contributed by atoms with E-state index in [9.17, 15) is 4.79 Å². The van der Waals surface area contributed by atoms with Crippen LogP contribution in [-0.2, 0) is 11.3 Å². The van der Waals surface area contributed by atoms with Gasteiger partial charge in [0.05, 0.1) is 22.2 Å². The van der Waals surface area contributed by atoms with Crippen molar-refractivity contribution in [1.29, 1.82) is 0 Å². The summed E-state index contributed by atoms with van der Waals surface area (Å²) in [7, 11) is 0. The number of para-hydroxylation sites is 1. The van der Waals surface area contributed by atoms with Crippen molar-refractivity contribution in [2.24, 2.45) is 4.99 Å². The van der Waals surface area contributed by atoms with Crippen LogP contribution in [0, 0.1) is 0 Å². The zero-order chi connectivity index (χ0) is 20.3. The van der Waals surface area contributed by atoms with E-state index in [4.69, 9.17) is 23.2 Å². The van der Waals surface area contributed by atoms with Gasteiger partial charge in [0.2, 0.25) is 5.91 Å². The maximum atomic E-state index is 12.8. The molecule has 1 aliphatic heterocycles. The number of allylic oxidation sites excluding steroid dienone is 1. The van der Waals surface area contributed by atoms with Gasteiger partial charge >= 0.3 is 0 Å². The molecule has 0 spiro atoms. The van der Waals surface area contributed by atoms with Crippen LogP contribution in [0.5, 0.6) is 0 Å². The standard InChI is InChI=1S/C19H21Cl2N5OS/c1-4-26-16(12-10-14(20)15(21)22-11-12)24-25-18(26)28-19(2,3)17(27)23-13-8-6-5-7-9-13/h5-10,12H,4,11H2,1-3H3,(H,23,27). The number of rotatable bonds is 6. The zero-order valence-corrected chi connectivity index (χ0v) is 18.1. The summed E-state index contributed by atoms with van der Waals surface area (Å²) in [5, 5.41) is 13.0. The third-order valence-corrected chi connectivity index (χ3v) is 6.19. The lowest BCUT2D eigenvalue weighted by atomic mass is 10.1. The molecule has 9 heteroatoms. The van der Waals surface area contributed by atoms with E-state index < -0.39 is 4.75 Å². The van der Waals surface area contributed by atoms with Crippen LogP contribution < -0.4 is 5.32 Å². The number of benzene rings is 1. The van der Waals surface area contributed by atoms with E-state index in [0.717, 1.165) is 11.5 Å². The normalized spacial score (nSPS) is 17.1. The van der Waals surface area contributed by atoms with Crippen molar-refractivity contribution < 1.29 is 4.79 Å². The molecule has 1 N–H and O–H groups in total. The zero-order valence-electron chi connectivity index (χ0n) is 15.8. The van der Waals surface area contributed by atoms with Gasteiger partial charge in [-0.25, -0.2) is 0 Å². The molecule has 1 aromatic carbocycles. The number of carbonyl (C=O) groups excluding carboxylic acids is 1. The summed E-state index contributed by atoms with van der Waals surface area (Å²) in [5.41, 5.74) is 0.760. The van der Waals surface area contributed by atoms with E-state index >= 15 is 0 Å². The molecule has 6 nitrogen and oxygen atoms in total. The number of anilines is 1. The van der Waals surface area contributed by atoms with Gasteiger partial charge in [0.25, 0.3) is 0 Å². The summed E-state index contributed by atoms with van der Waals surface area (Å²) in [5.74, 6) is 0.557. The van der Waals surface area contributed by atoms with Crippen LogP contribution in [0.1, 0.15) is 32.5 Å². The Bertz CT molecular complexity index is 924. The number of halogens is 2. The van der Waals surface area contributed by atoms with Crippen LogP contribution in [0.2, 0.25) is 0 Å². The molecule has 1 atom stereocenters. The molecule has 28 heavy (non-hydrogen) atoms. The smallest absolute Gasteiger partial charge is 0.240 e. The van der Waals surface area contributed by atoms with Gasteiger partial charge in [-0.15, -0.1) is 10.2 Å². The number of aliphatic imine (C=N–C) groups is 1. The van der Waals surface area contributed by atoms with Crippen molar-refractivity contribution in [2.45, 2.75) is 43.1 Å². The molecule has 2 heterocycles. The number of carbonyl (C=O) groups is 1. The van der Waals surface area contributed by atoms with Crippen molar-refractivity contribution in [1.82, 2.24) is 14.8 Å². The highest BCUT2D eigenvalue weighted by Crippen LogP contribution is 2.35. The second-order valence-electron chi connectivity index (χ2n) is 6.77. The Morgan fingerprint density at radius 2 is 2.00 bits per heavy atom. The van der Waals surface area contributed by atoms with Crippen LogP contribution >= 0.6 is 35.0 Å². The summed E-state index contributed by atoms with van der Waals surface area (Å²) in [6, 6.07) is 9.39. The largest absolute Gasteiger partial charge is 0.325 e. The first-order valence-electron chi connectivity index (χ1n) is 8.88. The van der Waals surface area contributed by atoms with Crippen molar-refractivity contribution in [2.75, 3.05) is 11.9 Å². The predicted octanol–water partition coefficient (Wildman–Crippen LogP) is 4.66.